The van der Waals surface area contributed by atoms with E-state index in [1.54, 1.807) is 31.2 Å². The van der Waals surface area contributed by atoms with Crippen molar-refractivity contribution in [2.24, 2.45) is 5.92 Å². The fourth-order valence-electron chi connectivity index (χ4n) is 1.88. The summed E-state index contributed by atoms with van der Waals surface area (Å²) in [5.74, 6) is -0.967. The molecule has 0 aromatic heterocycles. The monoisotopic (exact) mass is 265 g/mol. The van der Waals surface area contributed by atoms with Gasteiger partial charge in [-0.3, -0.25) is 19.3 Å². The normalized spacial score (nSPS) is 15.8. The lowest BCUT2D eigenvalue weighted by molar-refractivity contribution is -0.114. The van der Waals surface area contributed by atoms with Gasteiger partial charge in [0.2, 0.25) is 5.24 Å². The summed E-state index contributed by atoms with van der Waals surface area (Å²) < 4.78 is 0. The number of nitrogens with zero attached hydrogens (tertiary/aromatic N) is 1. The quantitative estimate of drug-likeness (QED) is 0.619. The molecule has 94 valence electrons. The number of benzene rings is 1. The maximum Gasteiger partial charge on any atom is 0.261 e. The minimum absolute atomic E-state index is 0.214. The third kappa shape index (κ3) is 2.16. The van der Waals surface area contributed by atoms with E-state index in [0.29, 0.717) is 17.5 Å². The molecule has 4 nitrogen and oxygen atoms in total. The van der Waals surface area contributed by atoms with Crippen LogP contribution in [0.2, 0.25) is 0 Å². The molecule has 5 heteroatoms. The Morgan fingerprint density at radius 2 is 1.72 bits per heavy atom. The topological polar surface area (TPSA) is 54.5 Å². The van der Waals surface area contributed by atoms with Crippen molar-refractivity contribution < 1.29 is 14.4 Å². The molecule has 0 bridgehead atoms. The summed E-state index contributed by atoms with van der Waals surface area (Å²) in [6, 6.07) is 6.70. The minimum Gasteiger partial charge on any atom is -0.281 e. The Hall–Kier alpha value is -1.68. The second-order valence-corrected chi connectivity index (χ2v) is 4.67. The SMILES string of the molecule is C[C@H](CCN1C(=O)c2ccccc2C1=O)C(=O)Cl. The lowest BCUT2D eigenvalue weighted by Crippen LogP contribution is -2.32. The number of imide groups is 1. The first-order chi connectivity index (χ1) is 8.52. The van der Waals surface area contributed by atoms with Gasteiger partial charge < -0.3 is 0 Å². The number of hydrogen-bond donors (Lipinski definition) is 0. The van der Waals surface area contributed by atoms with Crippen molar-refractivity contribution in [3.8, 4) is 0 Å². The number of halogens is 1. The highest BCUT2D eigenvalue weighted by atomic mass is 35.5. The van der Waals surface area contributed by atoms with Gasteiger partial charge in [-0.1, -0.05) is 19.1 Å². The van der Waals surface area contributed by atoms with Gasteiger partial charge in [-0.15, -0.1) is 0 Å². The van der Waals surface area contributed by atoms with E-state index in [1.807, 2.05) is 0 Å². The van der Waals surface area contributed by atoms with Crippen molar-refractivity contribution in [1.29, 1.82) is 0 Å². The maximum absolute atomic E-state index is 12.0. The molecule has 1 atom stereocenters. The second-order valence-electron chi connectivity index (χ2n) is 4.30. The van der Waals surface area contributed by atoms with E-state index in [0.717, 1.165) is 0 Å². The van der Waals surface area contributed by atoms with Crippen LogP contribution in [0.3, 0.4) is 0 Å². The molecule has 0 spiro atoms. The predicted molar refractivity (Wildman–Crippen MR) is 66.5 cm³/mol. The highest BCUT2D eigenvalue weighted by Gasteiger charge is 2.34. The number of fused-ring (bicyclic) bond motifs is 1. The lowest BCUT2D eigenvalue weighted by Gasteiger charge is -2.15. The number of amides is 2. The molecule has 1 heterocycles. The van der Waals surface area contributed by atoms with E-state index in [9.17, 15) is 14.4 Å². The van der Waals surface area contributed by atoms with Crippen molar-refractivity contribution in [2.75, 3.05) is 6.54 Å². The molecule has 1 aromatic carbocycles. The minimum atomic E-state index is -0.452. The Labute approximate surface area is 110 Å². The summed E-state index contributed by atoms with van der Waals surface area (Å²) in [4.78, 5) is 36.0. The van der Waals surface area contributed by atoms with Gasteiger partial charge in [0.25, 0.3) is 11.8 Å². The number of carbonyl (C=O) groups is 3. The smallest absolute Gasteiger partial charge is 0.261 e. The van der Waals surface area contributed by atoms with Crippen LogP contribution < -0.4 is 0 Å². The van der Waals surface area contributed by atoms with Crippen LogP contribution in [-0.4, -0.2) is 28.5 Å². The Bertz CT molecular complexity index is 492. The van der Waals surface area contributed by atoms with E-state index in [4.69, 9.17) is 11.6 Å². The van der Waals surface area contributed by atoms with Gasteiger partial charge in [-0.05, 0) is 30.2 Å². The first kappa shape index (κ1) is 12.8. The molecule has 1 aliphatic heterocycles. The summed E-state index contributed by atoms with van der Waals surface area (Å²) >= 11 is 5.35. The van der Waals surface area contributed by atoms with Gasteiger partial charge in [0, 0.05) is 12.5 Å². The standard InChI is InChI=1S/C13H12ClNO3/c1-8(11(14)16)6-7-15-12(17)9-4-2-3-5-10(9)13(15)18/h2-5,8H,6-7H2,1H3/t8-/m1/s1. The summed E-state index contributed by atoms with van der Waals surface area (Å²) in [5.41, 5.74) is 0.847. The van der Waals surface area contributed by atoms with Crippen molar-refractivity contribution in [3.63, 3.8) is 0 Å². The average Bonchev–Trinajstić information content (AvgIpc) is 2.60. The molecule has 0 unspecified atom stereocenters. The van der Waals surface area contributed by atoms with Crippen LogP contribution >= 0.6 is 11.6 Å². The van der Waals surface area contributed by atoms with Crippen LogP contribution in [0.1, 0.15) is 34.1 Å². The van der Waals surface area contributed by atoms with Gasteiger partial charge in [-0.2, -0.15) is 0 Å². The third-order valence-electron chi connectivity index (χ3n) is 3.05. The molecule has 0 saturated carbocycles. The van der Waals surface area contributed by atoms with Crippen LogP contribution in [0.15, 0.2) is 24.3 Å². The van der Waals surface area contributed by atoms with E-state index in [2.05, 4.69) is 0 Å². The first-order valence-corrected chi connectivity index (χ1v) is 6.04. The van der Waals surface area contributed by atoms with Gasteiger partial charge >= 0.3 is 0 Å². The van der Waals surface area contributed by atoms with Crippen molar-refractivity contribution in [1.82, 2.24) is 4.90 Å². The Morgan fingerprint density at radius 1 is 1.22 bits per heavy atom. The van der Waals surface area contributed by atoms with Crippen molar-refractivity contribution >= 4 is 28.7 Å². The highest BCUT2D eigenvalue weighted by Crippen LogP contribution is 2.23. The van der Waals surface area contributed by atoms with Crippen LogP contribution in [0.5, 0.6) is 0 Å². The molecular weight excluding hydrogens is 254 g/mol. The Kier molecular flexibility index (Phi) is 3.48. The van der Waals surface area contributed by atoms with Gasteiger partial charge in [0.15, 0.2) is 0 Å². The number of rotatable bonds is 4. The second kappa shape index (κ2) is 4.90. The molecule has 18 heavy (non-hydrogen) atoms. The fraction of sp³-hybridized carbons (Fsp3) is 0.308. The Morgan fingerprint density at radius 3 is 2.17 bits per heavy atom. The number of hydrogen-bond acceptors (Lipinski definition) is 3. The van der Waals surface area contributed by atoms with Gasteiger partial charge in [0.05, 0.1) is 11.1 Å². The highest BCUT2D eigenvalue weighted by molar-refractivity contribution is 6.63. The molecule has 2 rings (SSSR count). The molecule has 0 fully saturated rings. The lowest BCUT2D eigenvalue weighted by atomic mass is 10.1. The van der Waals surface area contributed by atoms with E-state index >= 15 is 0 Å². The third-order valence-corrected chi connectivity index (χ3v) is 3.42. The van der Waals surface area contributed by atoms with E-state index in [-0.39, 0.29) is 24.3 Å². The summed E-state index contributed by atoms with van der Waals surface area (Å²) in [5, 5.41) is -0.452. The molecule has 0 saturated heterocycles. The van der Waals surface area contributed by atoms with Gasteiger partial charge in [0.1, 0.15) is 0 Å². The first-order valence-electron chi connectivity index (χ1n) is 5.67. The molecule has 1 aliphatic rings. The van der Waals surface area contributed by atoms with Crippen LogP contribution in [0.4, 0.5) is 0 Å². The summed E-state index contributed by atoms with van der Waals surface area (Å²) in [7, 11) is 0. The number of carbonyl (C=O) groups excluding carboxylic acids is 3. The zero-order valence-electron chi connectivity index (χ0n) is 9.85. The zero-order valence-corrected chi connectivity index (χ0v) is 10.6. The molecule has 1 aromatic rings. The van der Waals surface area contributed by atoms with Crippen LogP contribution in [0, 0.1) is 5.92 Å². The zero-order chi connectivity index (χ0) is 13.3. The molecule has 0 N–H and O–H groups in total. The average molecular weight is 266 g/mol. The van der Waals surface area contributed by atoms with E-state index in [1.165, 1.54) is 4.90 Å². The van der Waals surface area contributed by atoms with Gasteiger partial charge in [-0.25, -0.2) is 0 Å². The summed E-state index contributed by atoms with van der Waals surface area (Å²) in [6.45, 7) is 1.89. The van der Waals surface area contributed by atoms with Crippen molar-refractivity contribution in [2.45, 2.75) is 13.3 Å². The van der Waals surface area contributed by atoms with E-state index < -0.39 is 5.24 Å². The molecule has 2 amide bonds. The Balaban J connectivity index is 2.12. The largest absolute Gasteiger partial charge is 0.281 e. The molecule has 0 radical (unpaired) electrons. The van der Waals surface area contributed by atoms with Crippen LogP contribution in [-0.2, 0) is 4.79 Å². The maximum atomic E-state index is 12.0. The fourth-order valence-corrected chi connectivity index (χ4v) is 1.99. The van der Waals surface area contributed by atoms with Crippen molar-refractivity contribution in [3.05, 3.63) is 35.4 Å². The summed E-state index contributed by atoms with van der Waals surface area (Å²) in [6.07, 6.45) is 0.383. The predicted octanol–water partition coefficient (Wildman–Crippen LogP) is 2.07. The molecule has 0 aliphatic carbocycles. The van der Waals surface area contributed by atoms with Crippen LogP contribution in [0.25, 0.3) is 0 Å². The molecular formula is C13H12ClNO3.